The molecule has 1 aliphatic rings. The normalized spacial score (nSPS) is 22.1. The Bertz CT molecular complexity index is 386. The van der Waals surface area contributed by atoms with E-state index in [0.29, 0.717) is 11.5 Å². The lowest BCUT2D eigenvalue weighted by molar-refractivity contribution is 0.247. The summed E-state index contributed by atoms with van der Waals surface area (Å²) in [6, 6.07) is 9.74. The molecule has 1 saturated carbocycles. The molecule has 1 aliphatic carbocycles. The summed E-state index contributed by atoms with van der Waals surface area (Å²) in [6.07, 6.45) is 3.33. The molecule has 2 rings (SSSR count). The minimum absolute atomic E-state index is 0.0982. The van der Waals surface area contributed by atoms with Gasteiger partial charge in [-0.25, -0.2) is 4.79 Å². The average Bonchev–Trinajstić information content (AvgIpc) is 2.59. The molecule has 1 atom stereocenters. The van der Waals surface area contributed by atoms with Crippen LogP contribution in [0, 0.1) is 5.41 Å². The topological polar surface area (TPSA) is 41.1 Å². The zero-order valence-electron chi connectivity index (χ0n) is 10.5. The fourth-order valence-corrected chi connectivity index (χ4v) is 2.43. The van der Waals surface area contributed by atoms with Crippen LogP contribution in [-0.2, 0) is 0 Å². The Labute approximate surface area is 103 Å². The molecule has 92 valence electrons. The number of rotatable bonds is 2. The molecule has 3 heteroatoms. The van der Waals surface area contributed by atoms with Gasteiger partial charge in [0, 0.05) is 11.7 Å². The van der Waals surface area contributed by atoms with Crippen molar-refractivity contribution in [1.29, 1.82) is 0 Å². The van der Waals surface area contributed by atoms with Crippen LogP contribution in [0.3, 0.4) is 0 Å². The summed E-state index contributed by atoms with van der Waals surface area (Å²) in [6.45, 7) is 4.51. The van der Waals surface area contributed by atoms with Crippen molar-refractivity contribution in [1.82, 2.24) is 5.32 Å². The predicted molar refractivity (Wildman–Crippen MR) is 70.0 cm³/mol. The summed E-state index contributed by atoms with van der Waals surface area (Å²) in [5.41, 5.74) is 1.20. The Hall–Kier alpha value is -1.51. The molecule has 3 nitrogen and oxygen atoms in total. The monoisotopic (exact) mass is 232 g/mol. The van der Waals surface area contributed by atoms with E-state index in [2.05, 4.69) is 24.5 Å². The van der Waals surface area contributed by atoms with E-state index in [-0.39, 0.29) is 6.03 Å². The molecule has 0 spiro atoms. The van der Waals surface area contributed by atoms with Crippen LogP contribution in [0.15, 0.2) is 30.3 Å². The van der Waals surface area contributed by atoms with E-state index in [0.717, 1.165) is 18.5 Å². The van der Waals surface area contributed by atoms with E-state index >= 15 is 0 Å². The maximum absolute atomic E-state index is 11.8. The largest absolute Gasteiger partial charge is 0.335 e. The summed E-state index contributed by atoms with van der Waals surface area (Å²) < 4.78 is 0. The molecule has 0 aromatic heterocycles. The number of hydrogen-bond donors (Lipinski definition) is 2. The molecule has 1 fully saturated rings. The smallest absolute Gasteiger partial charge is 0.319 e. The highest BCUT2D eigenvalue weighted by molar-refractivity contribution is 5.89. The Balaban J connectivity index is 1.83. The molecular formula is C14H20N2O. The van der Waals surface area contributed by atoms with Crippen LogP contribution < -0.4 is 10.6 Å². The van der Waals surface area contributed by atoms with Gasteiger partial charge in [-0.1, -0.05) is 32.0 Å². The molecule has 0 radical (unpaired) electrons. The van der Waals surface area contributed by atoms with Crippen LogP contribution in [0.5, 0.6) is 0 Å². The second-order valence-electron chi connectivity index (χ2n) is 5.57. The number of nitrogens with one attached hydrogen (secondary N) is 2. The van der Waals surface area contributed by atoms with Gasteiger partial charge in [0.05, 0.1) is 0 Å². The first-order chi connectivity index (χ1) is 8.05. The number of anilines is 1. The van der Waals surface area contributed by atoms with Crippen molar-refractivity contribution in [3.8, 4) is 0 Å². The number of hydrogen-bond acceptors (Lipinski definition) is 1. The number of para-hydroxylation sites is 1. The summed E-state index contributed by atoms with van der Waals surface area (Å²) in [5.74, 6) is 0. The predicted octanol–water partition coefficient (Wildman–Crippen LogP) is 3.39. The number of carbonyl (C=O) groups excluding carboxylic acids is 1. The van der Waals surface area contributed by atoms with Crippen LogP contribution in [-0.4, -0.2) is 12.1 Å². The third-order valence-electron chi connectivity index (χ3n) is 3.34. The lowest BCUT2D eigenvalue weighted by atomic mass is 9.92. The zero-order valence-corrected chi connectivity index (χ0v) is 10.5. The van der Waals surface area contributed by atoms with Gasteiger partial charge in [0.25, 0.3) is 0 Å². The molecule has 1 unspecified atom stereocenters. The first kappa shape index (κ1) is 12.0. The fraction of sp³-hybridized carbons (Fsp3) is 0.500. The molecule has 1 aromatic rings. The molecule has 2 N–H and O–H groups in total. The van der Waals surface area contributed by atoms with E-state index in [1.165, 1.54) is 6.42 Å². The number of carbonyl (C=O) groups is 1. The van der Waals surface area contributed by atoms with Crippen molar-refractivity contribution in [3.05, 3.63) is 30.3 Å². The SMILES string of the molecule is CC1(C)CCC(NC(=O)Nc2ccccc2)C1. The van der Waals surface area contributed by atoms with Gasteiger partial charge in [0.1, 0.15) is 0 Å². The second kappa shape index (κ2) is 4.78. The lowest BCUT2D eigenvalue weighted by Gasteiger charge is -2.18. The third kappa shape index (κ3) is 3.48. The molecule has 17 heavy (non-hydrogen) atoms. The van der Waals surface area contributed by atoms with Crippen molar-refractivity contribution in [2.24, 2.45) is 5.41 Å². The van der Waals surface area contributed by atoms with Gasteiger partial charge in [-0.05, 0) is 36.8 Å². The fourth-order valence-electron chi connectivity index (χ4n) is 2.43. The van der Waals surface area contributed by atoms with Gasteiger partial charge in [0.15, 0.2) is 0 Å². The van der Waals surface area contributed by atoms with E-state index in [9.17, 15) is 4.79 Å². The number of amides is 2. The van der Waals surface area contributed by atoms with Crippen molar-refractivity contribution < 1.29 is 4.79 Å². The lowest BCUT2D eigenvalue weighted by Crippen LogP contribution is -2.36. The summed E-state index contributed by atoms with van der Waals surface area (Å²) >= 11 is 0. The van der Waals surface area contributed by atoms with E-state index in [1.54, 1.807) is 0 Å². The standard InChI is InChI=1S/C14H20N2O/c1-14(2)9-8-12(10-14)16-13(17)15-11-6-4-3-5-7-11/h3-7,12H,8-10H2,1-2H3,(H2,15,16,17). The molecule has 0 bridgehead atoms. The number of urea groups is 1. The van der Waals surface area contributed by atoms with Gasteiger partial charge in [-0.2, -0.15) is 0 Å². The second-order valence-corrected chi connectivity index (χ2v) is 5.57. The molecule has 0 heterocycles. The average molecular weight is 232 g/mol. The van der Waals surface area contributed by atoms with Crippen LogP contribution in [0.1, 0.15) is 33.1 Å². The van der Waals surface area contributed by atoms with Crippen LogP contribution in [0.25, 0.3) is 0 Å². The Morgan fingerprint density at radius 2 is 2.00 bits per heavy atom. The van der Waals surface area contributed by atoms with Crippen LogP contribution >= 0.6 is 0 Å². The maximum Gasteiger partial charge on any atom is 0.319 e. The molecule has 0 saturated heterocycles. The summed E-state index contributed by atoms with van der Waals surface area (Å²) in [4.78, 5) is 11.8. The van der Waals surface area contributed by atoms with Gasteiger partial charge in [0.2, 0.25) is 0 Å². The first-order valence-electron chi connectivity index (χ1n) is 6.18. The van der Waals surface area contributed by atoms with Crippen LogP contribution in [0.2, 0.25) is 0 Å². The van der Waals surface area contributed by atoms with Crippen molar-refractivity contribution in [2.75, 3.05) is 5.32 Å². The van der Waals surface area contributed by atoms with Crippen molar-refractivity contribution in [3.63, 3.8) is 0 Å². The Morgan fingerprint density at radius 1 is 1.29 bits per heavy atom. The van der Waals surface area contributed by atoms with Crippen molar-refractivity contribution >= 4 is 11.7 Å². The minimum Gasteiger partial charge on any atom is -0.335 e. The van der Waals surface area contributed by atoms with E-state index < -0.39 is 0 Å². The van der Waals surface area contributed by atoms with Gasteiger partial charge >= 0.3 is 6.03 Å². The highest BCUT2D eigenvalue weighted by Gasteiger charge is 2.31. The highest BCUT2D eigenvalue weighted by atomic mass is 16.2. The quantitative estimate of drug-likeness (QED) is 0.806. The number of benzene rings is 1. The highest BCUT2D eigenvalue weighted by Crippen LogP contribution is 2.36. The van der Waals surface area contributed by atoms with E-state index in [4.69, 9.17) is 0 Å². The summed E-state index contributed by atoms with van der Waals surface area (Å²) in [5, 5.41) is 5.88. The third-order valence-corrected chi connectivity index (χ3v) is 3.34. The molecule has 2 amide bonds. The summed E-state index contributed by atoms with van der Waals surface area (Å²) in [7, 11) is 0. The van der Waals surface area contributed by atoms with Gasteiger partial charge in [-0.3, -0.25) is 0 Å². The minimum atomic E-state index is -0.0982. The van der Waals surface area contributed by atoms with Gasteiger partial charge in [-0.15, -0.1) is 0 Å². The zero-order chi connectivity index (χ0) is 12.3. The molecule has 0 aliphatic heterocycles. The van der Waals surface area contributed by atoms with Gasteiger partial charge < -0.3 is 10.6 Å². The van der Waals surface area contributed by atoms with Crippen LogP contribution in [0.4, 0.5) is 10.5 Å². The molecular weight excluding hydrogens is 212 g/mol. The first-order valence-corrected chi connectivity index (χ1v) is 6.18. The Kier molecular flexibility index (Phi) is 3.36. The van der Waals surface area contributed by atoms with Crippen molar-refractivity contribution in [2.45, 2.75) is 39.2 Å². The molecule has 1 aromatic carbocycles. The van der Waals surface area contributed by atoms with E-state index in [1.807, 2.05) is 30.3 Å². The maximum atomic E-state index is 11.8. The Morgan fingerprint density at radius 3 is 2.59 bits per heavy atom.